The number of hydrogen-bond donors (Lipinski definition) is 2. The Morgan fingerprint density at radius 2 is 1.00 bits per heavy atom. The molecule has 0 aliphatic carbocycles. The minimum absolute atomic E-state index is 0.177. The van der Waals surface area contributed by atoms with E-state index < -0.39 is 0 Å². The van der Waals surface area contributed by atoms with Crippen molar-refractivity contribution in [3.63, 3.8) is 0 Å². The van der Waals surface area contributed by atoms with Gasteiger partial charge in [-0.2, -0.15) is 0 Å². The van der Waals surface area contributed by atoms with Crippen LogP contribution in [0.3, 0.4) is 0 Å². The summed E-state index contributed by atoms with van der Waals surface area (Å²) in [5.74, 6) is 0.764. The number of nitrogens with zero attached hydrogens (tertiary/aromatic N) is 5. The predicted octanol–water partition coefficient (Wildman–Crippen LogP) is 5.86. The lowest BCUT2D eigenvalue weighted by Gasteiger charge is -2.05. The Morgan fingerprint density at radius 3 is 1.56 bits per heavy atom. The van der Waals surface area contributed by atoms with Crippen molar-refractivity contribution in [1.29, 1.82) is 0 Å². The number of benzene rings is 3. The van der Waals surface area contributed by atoms with Crippen molar-refractivity contribution in [1.82, 2.24) is 30.2 Å². The lowest BCUT2D eigenvalue weighted by Crippen LogP contribution is -2.23. The van der Waals surface area contributed by atoms with Gasteiger partial charge in [-0.3, -0.25) is 14.6 Å². The molecular weight excluding hydrogens is 538 g/mol. The lowest BCUT2D eigenvalue weighted by molar-refractivity contribution is 0.0949. The van der Waals surface area contributed by atoms with Gasteiger partial charge in [-0.05, 0) is 29.8 Å². The number of anilines is 1. The Labute approximate surface area is 248 Å². The molecular formula is C34H27N7O2. The molecule has 0 aliphatic heterocycles. The number of para-hydroxylation sites is 1. The second-order valence-corrected chi connectivity index (χ2v) is 9.18. The van der Waals surface area contributed by atoms with Gasteiger partial charge in [0.1, 0.15) is 0 Å². The van der Waals surface area contributed by atoms with E-state index in [4.69, 9.17) is 0 Å². The van der Waals surface area contributed by atoms with Gasteiger partial charge in [-0.15, -0.1) is 0 Å². The van der Waals surface area contributed by atoms with E-state index in [1.165, 1.54) is 12.4 Å². The Bertz CT molecular complexity index is 1730. The first-order valence-corrected chi connectivity index (χ1v) is 13.4. The monoisotopic (exact) mass is 565 g/mol. The van der Waals surface area contributed by atoms with Gasteiger partial charge in [0.2, 0.25) is 0 Å². The molecule has 210 valence electrons. The van der Waals surface area contributed by atoms with E-state index in [1.54, 1.807) is 24.8 Å². The molecule has 0 radical (unpaired) electrons. The van der Waals surface area contributed by atoms with Crippen LogP contribution in [0.2, 0.25) is 0 Å². The molecule has 0 saturated carbocycles. The fourth-order valence-electron chi connectivity index (χ4n) is 3.88. The summed E-state index contributed by atoms with van der Waals surface area (Å²) in [7, 11) is 0. The molecule has 9 nitrogen and oxygen atoms in total. The fourth-order valence-corrected chi connectivity index (χ4v) is 3.88. The molecule has 43 heavy (non-hydrogen) atoms. The van der Waals surface area contributed by atoms with Crippen molar-refractivity contribution in [2.24, 2.45) is 0 Å². The molecule has 6 aromatic rings. The smallest absolute Gasteiger partial charge is 0.258 e. The topological polar surface area (TPSA) is 123 Å². The van der Waals surface area contributed by atoms with Crippen molar-refractivity contribution in [3.05, 3.63) is 157 Å². The van der Waals surface area contributed by atoms with Crippen LogP contribution in [0.15, 0.2) is 140 Å². The largest absolute Gasteiger partial charge is 0.348 e. The number of nitrogens with one attached hydrogen (secondary N) is 2. The van der Waals surface area contributed by atoms with E-state index in [0.29, 0.717) is 29.3 Å². The average molecular weight is 566 g/mol. The summed E-state index contributed by atoms with van der Waals surface area (Å²) in [5.41, 5.74) is 4.45. The van der Waals surface area contributed by atoms with Gasteiger partial charge in [0.15, 0.2) is 11.6 Å². The van der Waals surface area contributed by atoms with E-state index >= 15 is 0 Å². The van der Waals surface area contributed by atoms with Crippen LogP contribution in [0.25, 0.3) is 22.8 Å². The molecule has 9 heteroatoms. The molecule has 0 atom stereocenters. The maximum Gasteiger partial charge on any atom is 0.258 e. The molecule has 0 bridgehead atoms. The zero-order valence-electron chi connectivity index (χ0n) is 23.0. The predicted molar refractivity (Wildman–Crippen MR) is 165 cm³/mol. The number of aromatic nitrogens is 5. The van der Waals surface area contributed by atoms with Crippen LogP contribution >= 0.6 is 0 Å². The highest BCUT2D eigenvalue weighted by Gasteiger charge is 2.09. The number of carbonyl (C=O) groups is 2. The van der Waals surface area contributed by atoms with Crippen LogP contribution in [-0.2, 0) is 6.54 Å². The van der Waals surface area contributed by atoms with Gasteiger partial charge >= 0.3 is 0 Å². The average Bonchev–Trinajstić information content (AvgIpc) is 3.09. The van der Waals surface area contributed by atoms with Gasteiger partial charge in [0, 0.05) is 60.5 Å². The minimum atomic E-state index is -0.234. The third-order valence-electron chi connectivity index (χ3n) is 6.13. The maximum absolute atomic E-state index is 12.1. The van der Waals surface area contributed by atoms with E-state index in [9.17, 15) is 9.59 Å². The highest BCUT2D eigenvalue weighted by molar-refractivity contribution is 6.03. The van der Waals surface area contributed by atoms with Crippen LogP contribution in [0, 0.1) is 0 Å². The summed E-state index contributed by atoms with van der Waals surface area (Å²) in [6.45, 7) is 0.486. The zero-order chi connectivity index (χ0) is 29.7. The molecule has 3 aromatic heterocycles. The van der Waals surface area contributed by atoms with E-state index in [0.717, 1.165) is 22.4 Å². The maximum atomic E-state index is 12.1. The fraction of sp³-hybridized carbons (Fsp3) is 0.0294. The molecule has 2 amide bonds. The Balaban J connectivity index is 0.000000171. The van der Waals surface area contributed by atoms with Crippen LogP contribution in [0.1, 0.15) is 26.3 Å². The van der Waals surface area contributed by atoms with Gasteiger partial charge in [0.05, 0.1) is 11.1 Å². The van der Waals surface area contributed by atoms with Gasteiger partial charge < -0.3 is 10.6 Å². The van der Waals surface area contributed by atoms with Gasteiger partial charge in [0.25, 0.3) is 11.8 Å². The summed E-state index contributed by atoms with van der Waals surface area (Å²) >= 11 is 0. The summed E-state index contributed by atoms with van der Waals surface area (Å²) in [6.07, 6.45) is 9.48. The Morgan fingerprint density at radius 1 is 0.535 bits per heavy atom. The van der Waals surface area contributed by atoms with E-state index in [-0.39, 0.29) is 11.8 Å². The Hall–Kier alpha value is -6.09. The van der Waals surface area contributed by atoms with Gasteiger partial charge in [-0.25, -0.2) is 19.9 Å². The number of pyridine rings is 1. The Kier molecular flexibility index (Phi) is 9.60. The van der Waals surface area contributed by atoms with Crippen molar-refractivity contribution in [2.45, 2.75) is 6.54 Å². The van der Waals surface area contributed by atoms with Crippen molar-refractivity contribution < 1.29 is 9.59 Å². The standard InChI is InChI=1S/C18H15N3O.C16H12N4O/c22-18(21-11-14-7-3-1-4-8-14)16-12-19-17(20-13-16)15-9-5-2-6-10-15;21-16(20-14-4-2-1-3-5-14)13-10-18-15(19-11-13)12-6-8-17-9-7-12/h1-10,12-13H,11H2,(H,21,22);1-11H,(H,20,21). The SMILES string of the molecule is O=C(NCc1ccccc1)c1cnc(-c2ccccc2)nc1.O=C(Nc1ccccc1)c1cnc(-c2ccncc2)nc1. The van der Waals surface area contributed by atoms with Crippen LogP contribution in [-0.4, -0.2) is 36.7 Å². The number of carbonyl (C=O) groups excluding carboxylic acids is 2. The quantitative estimate of drug-likeness (QED) is 0.248. The molecule has 0 aliphatic rings. The lowest BCUT2D eigenvalue weighted by atomic mass is 10.2. The van der Waals surface area contributed by atoms with Crippen molar-refractivity contribution >= 4 is 17.5 Å². The molecule has 6 rings (SSSR count). The molecule has 2 N–H and O–H groups in total. The first kappa shape index (κ1) is 28.4. The summed E-state index contributed by atoms with van der Waals surface area (Å²) < 4.78 is 0. The van der Waals surface area contributed by atoms with Gasteiger partial charge in [-0.1, -0.05) is 78.9 Å². The van der Waals surface area contributed by atoms with Crippen LogP contribution in [0.5, 0.6) is 0 Å². The molecule has 0 spiro atoms. The first-order valence-electron chi connectivity index (χ1n) is 13.4. The molecule has 0 fully saturated rings. The summed E-state index contributed by atoms with van der Waals surface area (Å²) in [5, 5.41) is 5.64. The highest BCUT2D eigenvalue weighted by Crippen LogP contribution is 2.14. The second kappa shape index (κ2) is 14.5. The van der Waals surface area contributed by atoms with Crippen LogP contribution in [0.4, 0.5) is 5.69 Å². The second-order valence-electron chi connectivity index (χ2n) is 9.18. The molecule has 3 heterocycles. The van der Waals surface area contributed by atoms with Crippen LogP contribution < -0.4 is 10.6 Å². The molecule has 0 unspecified atom stereocenters. The molecule has 0 saturated heterocycles. The van der Waals surface area contributed by atoms with E-state index in [1.807, 2.05) is 103 Å². The third kappa shape index (κ3) is 8.21. The summed E-state index contributed by atoms with van der Waals surface area (Å²) in [4.78, 5) is 45.0. The number of amides is 2. The molecule has 3 aromatic carbocycles. The van der Waals surface area contributed by atoms with Crippen molar-refractivity contribution in [2.75, 3.05) is 5.32 Å². The first-order chi connectivity index (χ1) is 21.2. The highest BCUT2D eigenvalue weighted by atomic mass is 16.2. The summed E-state index contributed by atoms with van der Waals surface area (Å²) in [6, 6.07) is 32.3. The van der Waals surface area contributed by atoms with Crippen molar-refractivity contribution in [3.8, 4) is 22.8 Å². The number of rotatable bonds is 7. The normalized spacial score (nSPS) is 10.1. The zero-order valence-corrected chi connectivity index (χ0v) is 23.0. The number of hydrogen-bond acceptors (Lipinski definition) is 7. The van der Waals surface area contributed by atoms with E-state index in [2.05, 4.69) is 35.6 Å². The third-order valence-corrected chi connectivity index (χ3v) is 6.13. The minimum Gasteiger partial charge on any atom is -0.348 e.